The van der Waals surface area contributed by atoms with Crippen LogP contribution in [0.1, 0.15) is 13.8 Å². The molecule has 72 valence electrons. The summed E-state index contributed by atoms with van der Waals surface area (Å²) in [5.74, 6) is 0.509. The summed E-state index contributed by atoms with van der Waals surface area (Å²) in [6.45, 7) is 5.57. The molecule has 2 nitrogen and oxygen atoms in total. The minimum absolute atomic E-state index is 0.509. The first-order chi connectivity index (χ1) is 6.29. The van der Waals surface area contributed by atoms with Crippen molar-refractivity contribution in [3.63, 3.8) is 0 Å². The van der Waals surface area contributed by atoms with Gasteiger partial charge in [-0.1, -0.05) is 6.08 Å². The molecule has 1 atom stereocenters. The van der Waals surface area contributed by atoms with E-state index in [-0.39, 0.29) is 0 Å². The van der Waals surface area contributed by atoms with Crippen LogP contribution in [0.25, 0.3) is 0 Å². The maximum Gasteiger partial charge on any atom is 0.176 e. The molecule has 1 aliphatic heterocycles. The molecule has 0 aromatic rings. The van der Waals surface area contributed by atoms with E-state index in [1.165, 1.54) is 6.08 Å². The number of halogens is 1. The van der Waals surface area contributed by atoms with Crippen LogP contribution in [0.5, 0.6) is 0 Å². The molecule has 0 N–H and O–H groups in total. The van der Waals surface area contributed by atoms with Crippen LogP contribution in [-0.4, -0.2) is 30.0 Å². The molecule has 1 aliphatic rings. The smallest absolute Gasteiger partial charge is 0.176 e. The van der Waals surface area contributed by atoms with Gasteiger partial charge in [0.05, 0.1) is 0 Å². The molecule has 1 rings (SSSR count). The lowest BCUT2D eigenvalue weighted by Gasteiger charge is -2.23. The third-order valence-electron chi connectivity index (χ3n) is 2.02. The van der Waals surface area contributed by atoms with Gasteiger partial charge < -0.3 is 4.90 Å². The third-order valence-corrected chi connectivity index (χ3v) is 2.02. The lowest BCUT2D eigenvalue weighted by atomic mass is 10.3. The van der Waals surface area contributed by atoms with Gasteiger partial charge in [0, 0.05) is 19.3 Å². The maximum absolute atomic E-state index is 13.4. The Balaban J connectivity index is 2.81. The minimum Gasteiger partial charge on any atom is -0.358 e. The largest absolute Gasteiger partial charge is 0.358 e. The Morgan fingerprint density at radius 1 is 1.38 bits per heavy atom. The highest BCUT2D eigenvalue weighted by Gasteiger charge is 2.16. The van der Waals surface area contributed by atoms with E-state index in [0.717, 1.165) is 13.1 Å². The van der Waals surface area contributed by atoms with Gasteiger partial charge in [0.1, 0.15) is 5.84 Å². The van der Waals surface area contributed by atoms with Crippen LogP contribution < -0.4 is 0 Å². The second kappa shape index (κ2) is 4.80. The summed E-state index contributed by atoms with van der Waals surface area (Å²) in [6.07, 6.45) is 5.49. The number of allylic oxidation sites excluding steroid dienone is 2. The Kier molecular flexibility index (Phi) is 3.68. The van der Waals surface area contributed by atoms with Gasteiger partial charge in [-0.25, -0.2) is 9.38 Å². The molecule has 0 aromatic carbocycles. The Labute approximate surface area is 78.5 Å². The molecule has 0 aromatic heterocycles. The average molecular weight is 182 g/mol. The van der Waals surface area contributed by atoms with E-state index in [4.69, 9.17) is 0 Å². The topological polar surface area (TPSA) is 15.6 Å². The Morgan fingerprint density at radius 2 is 2.08 bits per heavy atom. The molecule has 13 heavy (non-hydrogen) atoms. The molecule has 0 amide bonds. The number of rotatable bonds is 2. The van der Waals surface area contributed by atoms with Gasteiger partial charge >= 0.3 is 0 Å². The number of nitrogens with zero attached hydrogens (tertiary/aromatic N) is 2. The molecule has 0 saturated carbocycles. The van der Waals surface area contributed by atoms with E-state index in [2.05, 4.69) is 4.99 Å². The fraction of sp³-hybridized carbons (Fsp3) is 0.500. The molecule has 0 spiro atoms. The van der Waals surface area contributed by atoms with E-state index in [9.17, 15) is 4.39 Å². The predicted molar refractivity (Wildman–Crippen MR) is 53.5 cm³/mol. The van der Waals surface area contributed by atoms with Crippen molar-refractivity contribution in [2.24, 2.45) is 4.99 Å². The highest BCUT2D eigenvalue weighted by atomic mass is 19.1. The summed E-state index contributed by atoms with van der Waals surface area (Å²) in [5, 5.41) is 0. The lowest BCUT2D eigenvalue weighted by molar-refractivity contribution is 0.397. The first-order valence-electron chi connectivity index (χ1n) is 4.59. The van der Waals surface area contributed by atoms with Crippen molar-refractivity contribution >= 4 is 5.84 Å². The molecular weight excluding hydrogens is 167 g/mol. The standard InChI is InChI=1S/C10H15FN2/c1-3-13(4-2)10-9(11)7-5-6-8-12-10/h5-9H,3-4H2,1-2H3. The summed E-state index contributed by atoms with van der Waals surface area (Å²) in [5.41, 5.74) is 0. The monoisotopic (exact) mass is 182 g/mol. The molecular formula is C10H15FN2. The second-order valence-corrected chi connectivity index (χ2v) is 2.79. The van der Waals surface area contributed by atoms with E-state index in [1.54, 1.807) is 18.4 Å². The van der Waals surface area contributed by atoms with Crippen LogP contribution in [0.4, 0.5) is 4.39 Å². The number of alkyl halides is 1. The fourth-order valence-electron chi connectivity index (χ4n) is 1.29. The van der Waals surface area contributed by atoms with E-state index in [0.29, 0.717) is 5.84 Å². The van der Waals surface area contributed by atoms with Crippen molar-refractivity contribution in [1.29, 1.82) is 0 Å². The van der Waals surface area contributed by atoms with Gasteiger partial charge in [0.15, 0.2) is 6.17 Å². The minimum atomic E-state index is -1.07. The van der Waals surface area contributed by atoms with Gasteiger partial charge in [-0.05, 0) is 26.0 Å². The normalized spacial score (nSPS) is 21.2. The number of amidine groups is 1. The van der Waals surface area contributed by atoms with Crippen LogP contribution >= 0.6 is 0 Å². The first-order valence-corrected chi connectivity index (χ1v) is 4.59. The number of hydrogen-bond donors (Lipinski definition) is 0. The SMILES string of the molecule is CCN(CC)C1=NC=CC=CC1F. The van der Waals surface area contributed by atoms with E-state index >= 15 is 0 Å². The van der Waals surface area contributed by atoms with Gasteiger partial charge in [-0.2, -0.15) is 0 Å². The summed E-state index contributed by atoms with van der Waals surface area (Å²) in [6, 6.07) is 0. The fourth-order valence-corrected chi connectivity index (χ4v) is 1.29. The number of aliphatic imine (C=N–C) groups is 1. The molecule has 0 fully saturated rings. The van der Waals surface area contributed by atoms with Crippen LogP contribution in [0.15, 0.2) is 29.4 Å². The molecule has 0 saturated heterocycles. The van der Waals surface area contributed by atoms with Crippen LogP contribution in [0.2, 0.25) is 0 Å². The van der Waals surface area contributed by atoms with Gasteiger partial charge in [-0.3, -0.25) is 0 Å². The highest BCUT2D eigenvalue weighted by Crippen LogP contribution is 2.07. The molecule has 3 heteroatoms. The summed E-state index contributed by atoms with van der Waals surface area (Å²) in [7, 11) is 0. The van der Waals surface area contributed by atoms with E-state index in [1.807, 2.05) is 18.7 Å². The number of hydrogen-bond acceptors (Lipinski definition) is 2. The molecule has 0 bridgehead atoms. The maximum atomic E-state index is 13.4. The van der Waals surface area contributed by atoms with Crippen LogP contribution in [0.3, 0.4) is 0 Å². The Morgan fingerprint density at radius 3 is 2.69 bits per heavy atom. The highest BCUT2D eigenvalue weighted by molar-refractivity contribution is 5.89. The zero-order valence-electron chi connectivity index (χ0n) is 8.07. The first kappa shape index (κ1) is 9.96. The van der Waals surface area contributed by atoms with E-state index < -0.39 is 6.17 Å². The summed E-state index contributed by atoms with van der Waals surface area (Å²) < 4.78 is 13.4. The molecule has 0 radical (unpaired) electrons. The summed E-state index contributed by atoms with van der Waals surface area (Å²) >= 11 is 0. The van der Waals surface area contributed by atoms with Crippen molar-refractivity contribution in [3.8, 4) is 0 Å². The van der Waals surface area contributed by atoms with Crippen molar-refractivity contribution in [2.75, 3.05) is 13.1 Å². The molecule has 0 aliphatic carbocycles. The Bertz CT molecular complexity index is 239. The quantitative estimate of drug-likeness (QED) is 0.639. The van der Waals surface area contributed by atoms with Crippen molar-refractivity contribution < 1.29 is 4.39 Å². The van der Waals surface area contributed by atoms with Crippen molar-refractivity contribution in [3.05, 3.63) is 24.4 Å². The van der Waals surface area contributed by atoms with Gasteiger partial charge in [0.2, 0.25) is 0 Å². The Hall–Kier alpha value is -1.12. The molecule has 1 unspecified atom stereocenters. The van der Waals surface area contributed by atoms with Gasteiger partial charge in [-0.15, -0.1) is 0 Å². The zero-order chi connectivity index (χ0) is 9.68. The third kappa shape index (κ3) is 2.41. The lowest BCUT2D eigenvalue weighted by Crippen LogP contribution is -2.36. The van der Waals surface area contributed by atoms with Gasteiger partial charge in [0.25, 0.3) is 0 Å². The zero-order valence-corrected chi connectivity index (χ0v) is 8.07. The average Bonchev–Trinajstić information content (AvgIpc) is 2.34. The molecule has 1 heterocycles. The van der Waals surface area contributed by atoms with Crippen LogP contribution in [-0.2, 0) is 0 Å². The van der Waals surface area contributed by atoms with Crippen LogP contribution in [0, 0.1) is 0 Å². The van der Waals surface area contributed by atoms with Crippen molar-refractivity contribution in [2.45, 2.75) is 20.0 Å². The second-order valence-electron chi connectivity index (χ2n) is 2.79. The van der Waals surface area contributed by atoms with Crippen molar-refractivity contribution in [1.82, 2.24) is 4.90 Å². The summed E-state index contributed by atoms with van der Waals surface area (Å²) in [4.78, 5) is 5.99. The predicted octanol–water partition coefficient (Wildman–Crippen LogP) is 2.15.